The Morgan fingerprint density at radius 3 is 2.83 bits per heavy atom. The molecule has 0 saturated carbocycles. The Morgan fingerprint density at radius 2 is 2.22 bits per heavy atom. The lowest BCUT2D eigenvalue weighted by Crippen LogP contribution is -2.41. The van der Waals surface area contributed by atoms with Gasteiger partial charge in [-0.25, -0.2) is 12.8 Å². The van der Waals surface area contributed by atoms with Crippen molar-refractivity contribution < 1.29 is 12.8 Å². The Morgan fingerprint density at radius 1 is 1.44 bits per heavy atom. The van der Waals surface area contributed by atoms with Crippen LogP contribution >= 0.6 is 11.6 Å². The van der Waals surface area contributed by atoms with Crippen LogP contribution in [-0.2, 0) is 10.0 Å². The molecule has 1 aromatic rings. The fourth-order valence-corrected chi connectivity index (χ4v) is 3.63. The van der Waals surface area contributed by atoms with Crippen molar-refractivity contribution >= 4 is 27.3 Å². The predicted molar refractivity (Wildman–Crippen MR) is 69.8 cm³/mol. The van der Waals surface area contributed by atoms with Crippen LogP contribution in [0.4, 0.5) is 10.1 Å². The third kappa shape index (κ3) is 3.13. The van der Waals surface area contributed by atoms with Gasteiger partial charge in [0.1, 0.15) is 5.82 Å². The van der Waals surface area contributed by atoms with E-state index in [1.165, 1.54) is 12.1 Å². The highest BCUT2D eigenvalue weighted by atomic mass is 35.5. The van der Waals surface area contributed by atoms with Crippen molar-refractivity contribution in [1.82, 2.24) is 5.32 Å². The van der Waals surface area contributed by atoms with E-state index in [1.54, 1.807) is 0 Å². The second-order valence-corrected chi connectivity index (χ2v) is 6.61. The van der Waals surface area contributed by atoms with Gasteiger partial charge in [0.05, 0.1) is 16.0 Å². The number of sulfonamides is 1. The second kappa shape index (κ2) is 5.42. The third-order valence-corrected chi connectivity index (χ3v) is 4.97. The maximum Gasteiger partial charge on any atom is 0.236 e. The van der Waals surface area contributed by atoms with Crippen molar-refractivity contribution in [2.45, 2.75) is 18.1 Å². The monoisotopic (exact) mass is 292 g/mol. The Kier molecular flexibility index (Phi) is 4.09. The number of nitrogens with one attached hydrogen (secondary N) is 2. The molecule has 2 rings (SSSR count). The molecule has 0 bridgehead atoms. The number of piperidine rings is 1. The molecule has 0 spiro atoms. The molecule has 2 N–H and O–H groups in total. The average Bonchev–Trinajstić information content (AvgIpc) is 2.34. The molecule has 1 aliphatic heterocycles. The van der Waals surface area contributed by atoms with Crippen molar-refractivity contribution in [3.63, 3.8) is 0 Å². The summed E-state index contributed by atoms with van der Waals surface area (Å²) in [6.07, 6.45) is 1.43. The van der Waals surface area contributed by atoms with Gasteiger partial charge in [-0.3, -0.25) is 4.72 Å². The maximum absolute atomic E-state index is 12.9. The number of anilines is 1. The summed E-state index contributed by atoms with van der Waals surface area (Å²) in [7, 11) is -3.49. The van der Waals surface area contributed by atoms with E-state index in [-0.39, 0.29) is 10.7 Å². The molecule has 0 amide bonds. The van der Waals surface area contributed by atoms with Crippen molar-refractivity contribution in [3.05, 3.63) is 29.0 Å². The van der Waals surface area contributed by atoms with Crippen LogP contribution in [0.3, 0.4) is 0 Å². The van der Waals surface area contributed by atoms with E-state index in [2.05, 4.69) is 10.0 Å². The van der Waals surface area contributed by atoms with Gasteiger partial charge >= 0.3 is 0 Å². The van der Waals surface area contributed by atoms with E-state index >= 15 is 0 Å². The fraction of sp³-hybridized carbons (Fsp3) is 0.455. The summed E-state index contributed by atoms with van der Waals surface area (Å²) in [6, 6.07) is 3.58. The number of benzene rings is 1. The Hall–Kier alpha value is -0.850. The number of rotatable bonds is 3. The van der Waals surface area contributed by atoms with Gasteiger partial charge in [0.15, 0.2) is 0 Å². The van der Waals surface area contributed by atoms with Gasteiger partial charge < -0.3 is 5.32 Å². The lowest BCUT2D eigenvalue weighted by Gasteiger charge is -2.23. The molecule has 0 aromatic heterocycles. The minimum absolute atomic E-state index is 0.0577. The van der Waals surface area contributed by atoms with Crippen LogP contribution in [0.2, 0.25) is 5.02 Å². The van der Waals surface area contributed by atoms with Crippen molar-refractivity contribution in [1.29, 1.82) is 0 Å². The molecule has 1 saturated heterocycles. The molecule has 7 heteroatoms. The van der Waals surface area contributed by atoms with E-state index < -0.39 is 21.1 Å². The van der Waals surface area contributed by atoms with Crippen LogP contribution in [0.5, 0.6) is 0 Å². The molecular formula is C11H14ClFN2O2S. The van der Waals surface area contributed by atoms with Crippen LogP contribution in [0, 0.1) is 5.82 Å². The summed E-state index contributed by atoms with van der Waals surface area (Å²) in [4.78, 5) is 0. The zero-order valence-electron chi connectivity index (χ0n) is 9.62. The highest BCUT2D eigenvalue weighted by molar-refractivity contribution is 7.93. The maximum atomic E-state index is 12.9. The summed E-state index contributed by atoms with van der Waals surface area (Å²) in [5.74, 6) is -0.498. The summed E-state index contributed by atoms with van der Waals surface area (Å²) in [5.41, 5.74) is 0.212. The molecule has 4 nitrogen and oxygen atoms in total. The topological polar surface area (TPSA) is 58.2 Å². The first-order valence-electron chi connectivity index (χ1n) is 5.66. The van der Waals surface area contributed by atoms with E-state index in [9.17, 15) is 12.8 Å². The summed E-state index contributed by atoms with van der Waals surface area (Å²) in [6.45, 7) is 1.26. The smallest absolute Gasteiger partial charge is 0.236 e. The van der Waals surface area contributed by atoms with Crippen molar-refractivity contribution in [2.75, 3.05) is 17.8 Å². The molecule has 1 aromatic carbocycles. The average molecular weight is 293 g/mol. The molecule has 1 fully saturated rings. The van der Waals surface area contributed by atoms with Crippen molar-refractivity contribution in [3.8, 4) is 0 Å². The number of hydrogen-bond acceptors (Lipinski definition) is 3. The molecular weight excluding hydrogens is 279 g/mol. The van der Waals surface area contributed by atoms with Crippen LogP contribution in [0.15, 0.2) is 18.2 Å². The van der Waals surface area contributed by atoms with Crippen LogP contribution in [-0.4, -0.2) is 26.8 Å². The highest BCUT2D eigenvalue weighted by Crippen LogP contribution is 2.25. The van der Waals surface area contributed by atoms with Crippen LogP contribution in [0.25, 0.3) is 0 Å². The molecule has 1 unspecified atom stereocenters. The zero-order chi connectivity index (χ0) is 13.2. The van der Waals surface area contributed by atoms with Crippen molar-refractivity contribution in [2.24, 2.45) is 0 Å². The molecule has 18 heavy (non-hydrogen) atoms. The number of hydrogen-bond donors (Lipinski definition) is 2. The lowest BCUT2D eigenvalue weighted by molar-refractivity contribution is 0.499. The first-order chi connectivity index (χ1) is 8.49. The van der Waals surface area contributed by atoms with Crippen LogP contribution < -0.4 is 10.0 Å². The summed E-state index contributed by atoms with van der Waals surface area (Å²) >= 11 is 5.79. The first-order valence-corrected chi connectivity index (χ1v) is 7.59. The minimum Gasteiger partial charge on any atom is -0.315 e. The standard InChI is InChI=1S/C11H14ClFN2O2S/c12-10-6-8(13)3-4-11(10)15-18(16,17)9-2-1-5-14-7-9/h3-4,6,9,14-15H,1-2,5,7H2. The minimum atomic E-state index is -3.49. The summed E-state index contributed by atoms with van der Waals surface area (Å²) < 4.78 is 39.5. The van der Waals surface area contributed by atoms with Gasteiger partial charge in [-0.15, -0.1) is 0 Å². The van der Waals surface area contributed by atoms with Gasteiger partial charge in [-0.1, -0.05) is 11.6 Å². The predicted octanol–water partition coefficient (Wildman–Crippen LogP) is 1.97. The molecule has 1 aliphatic rings. The SMILES string of the molecule is O=S(=O)(Nc1ccc(F)cc1Cl)C1CCCNC1. The molecule has 1 atom stereocenters. The van der Waals surface area contributed by atoms with Gasteiger partial charge in [0.25, 0.3) is 0 Å². The lowest BCUT2D eigenvalue weighted by atomic mass is 10.2. The van der Waals surface area contributed by atoms with Gasteiger partial charge in [-0.05, 0) is 37.6 Å². The zero-order valence-corrected chi connectivity index (χ0v) is 11.2. The molecule has 0 radical (unpaired) electrons. The Bertz CT molecular complexity index is 530. The largest absolute Gasteiger partial charge is 0.315 e. The number of halogens is 2. The van der Waals surface area contributed by atoms with E-state index in [4.69, 9.17) is 11.6 Å². The van der Waals surface area contributed by atoms with E-state index in [0.717, 1.165) is 19.0 Å². The molecule has 0 aliphatic carbocycles. The fourth-order valence-electron chi connectivity index (χ4n) is 1.89. The highest BCUT2D eigenvalue weighted by Gasteiger charge is 2.27. The second-order valence-electron chi connectivity index (χ2n) is 4.24. The Labute approximate surface area is 111 Å². The Balaban J connectivity index is 2.16. The quantitative estimate of drug-likeness (QED) is 0.895. The normalized spacial score (nSPS) is 20.7. The molecule has 1 heterocycles. The van der Waals surface area contributed by atoms with Crippen LogP contribution in [0.1, 0.15) is 12.8 Å². The van der Waals surface area contributed by atoms with Gasteiger partial charge in [0, 0.05) is 6.54 Å². The van der Waals surface area contributed by atoms with Gasteiger partial charge in [0.2, 0.25) is 10.0 Å². The first kappa shape index (κ1) is 13.6. The summed E-state index contributed by atoms with van der Waals surface area (Å²) in [5, 5.41) is 2.62. The van der Waals surface area contributed by atoms with Gasteiger partial charge in [-0.2, -0.15) is 0 Å². The third-order valence-electron chi connectivity index (χ3n) is 2.87. The van der Waals surface area contributed by atoms with E-state index in [0.29, 0.717) is 13.0 Å². The van der Waals surface area contributed by atoms with E-state index in [1.807, 2.05) is 0 Å². The molecule has 100 valence electrons.